The first-order valence-corrected chi connectivity index (χ1v) is 6.03. The summed E-state index contributed by atoms with van der Waals surface area (Å²) < 4.78 is 5.10. The maximum absolute atomic E-state index is 11.1. The molecule has 18 heavy (non-hydrogen) atoms. The van der Waals surface area contributed by atoms with Crippen molar-refractivity contribution in [3.05, 3.63) is 5.89 Å². The van der Waals surface area contributed by atoms with Gasteiger partial charge in [0.05, 0.1) is 0 Å². The van der Waals surface area contributed by atoms with Gasteiger partial charge in [0.25, 0.3) is 5.95 Å². The van der Waals surface area contributed by atoms with E-state index in [9.17, 15) is 4.79 Å². The second-order valence-corrected chi connectivity index (χ2v) is 5.84. The van der Waals surface area contributed by atoms with Crippen LogP contribution in [0.4, 0.5) is 5.95 Å². The average Bonchev–Trinajstić information content (AvgIpc) is 2.63. The standard InChI is InChI=1S/C12H21N3O3/c1-7(2)6-8(9(16)17)13-11-14-10(18-15-11)12(3,4)5/h7-8H,6H2,1-5H3,(H,13,15)(H,16,17)/t8-/m1/s1. The molecule has 0 aliphatic heterocycles. The monoisotopic (exact) mass is 255 g/mol. The number of carboxylic acid groups (broad SMARTS) is 1. The van der Waals surface area contributed by atoms with Crippen LogP contribution in [0.15, 0.2) is 4.52 Å². The fourth-order valence-corrected chi connectivity index (χ4v) is 1.44. The fraction of sp³-hybridized carbons (Fsp3) is 0.750. The SMILES string of the molecule is CC(C)C[C@@H](Nc1noc(C(C)(C)C)n1)C(=O)O. The normalized spacial score (nSPS) is 13.7. The predicted octanol–water partition coefficient (Wildman–Crippen LogP) is 2.28. The summed E-state index contributed by atoms with van der Waals surface area (Å²) in [5, 5.41) is 15.6. The van der Waals surface area contributed by atoms with E-state index >= 15 is 0 Å². The number of hydrogen-bond acceptors (Lipinski definition) is 5. The van der Waals surface area contributed by atoms with Gasteiger partial charge in [-0.1, -0.05) is 34.6 Å². The molecule has 0 aliphatic rings. The summed E-state index contributed by atoms with van der Waals surface area (Å²) in [4.78, 5) is 15.3. The van der Waals surface area contributed by atoms with E-state index in [1.54, 1.807) is 0 Å². The molecule has 0 aromatic carbocycles. The Balaban J connectivity index is 2.76. The number of hydrogen-bond donors (Lipinski definition) is 2. The number of carboxylic acids is 1. The predicted molar refractivity (Wildman–Crippen MR) is 67.5 cm³/mol. The van der Waals surface area contributed by atoms with Crippen LogP contribution in [0.1, 0.15) is 46.9 Å². The topological polar surface area (TPSA) is 88.3 Å². The first-order chi connectivity index (χ1) is 8.20. The van der Waals surface area contributed by atoms with Gasteiger partial charge in [0.15, 0.2) is 0 Å². The summed E-state index contributed by atoms with van der Waals surface area (Å²) in [6.45, 7) is 9.79. The number of nitrogens with one attached hydrogen (secondary N) is 1. The molecule has 6 nitrogen and oxygen atoms in total. The Morgan fingerprint density at radius 1 is 1.44 bits per heavy atom. The highest BCUT2D eigenvalue weighted by atomic mass is 16.5. The van der Waals surface area contributed by atoms with Crippen molar-refractivity contribution in [3.63, 3.8) is 0 Å². The molecule has 6 heteroatoms. The van der Waals surface area contributed by atoms with Gasteiger partial charge < -0.3 is 14.9 Å². The van der Waals surface area contributed by atoms with Gasteiger partial charge in [0.1, 0.15) is 6.04 Å². The lowest BCUT2D eigenvalue weighted by Crippen LogP contribution is -2.31. The van der Waals surface area contributed by atoms with E-state index in [-0.39, 0.29) is 17.3 Å². The molecular formula is C12H21N3O3. The molecule has 102 valence electrons. The van der Waals surface area contributed by atoms with Crippen molar-refractivity contribution >= 4 is 11.9 Å². The molecule has 0 radical (unpaired) electrons. The van der Waals surface area contributed by atoms with Crippen LogP contribution in [0, 0.1) is 5.92 Å². The number of aliphatic carboxylic acids is 1. The highest BCUT2D eigenvalue weighted by Gasteiger charge is 2.24. The highest BCUT2D eigenvalue weighted by Crippen LogP contribution is 2.21. The summed E-state index contributed by atoms with van der Waals surface area (Å²) in [5.41, 5.74) is -0.246. The summed E-state index contributed by atoms with van der Waals surface area (Å²) in [6.07, 6.45) is 0.509. The lowest BCUT2D eigenvalue weighted by atomic mass is 9.97. The van der Waals surface area contributed by atoms with Gasteiger partial charge in [0, 0.05) is 5.41 Å². The van der Waals surface area contributed by atoms with Gasteiger partial charge in [-0.05, 0) is 17.5 Å². The largest absolute Gasteiger partial charge is 0.480 e. The maximum atomic E-state index is 11.1. The molecule has 1 aromatic rings. The van der Waals surface area contributed by atoms with E-state index < -0.39 is 12.0 Å². The number of carbonyl (C=O) groups is 1. The van der Waals surface area contributed by atoms with Gasteiger partial charge in [-0.2, -0.15) is 4.98 Å². The molecule has 1 rings (SSSR count). The minimum Gasteiger partial charge on any atom is -0.480 e. The van der Waals surface area contributed by atoms with E-state index in [2.05, 4.69) is 15.5 Å². The fourth-order valence-electron chi connectivity index (χ4n) is 1.44. The van der Waals surface area contributed by atoms with Crippen molar-refractivity contribution < 1.29 is 14.4 Å². The Labute approximate surface area is 107 Å². The zero-order chi connectivity index (χ0) is 13.9. The van der Waals surface area contributed by atoms with Crippen LogP contribution in [-0.4, -0.2) is 27.3 Å². The van der Waals surface area contributed by atoms with E-state index in [0.717, 1.165) is 0 Å². The number of aromatic nitrogens is 2. The smallest absolute Gasteiger partial charge is 0.326 e. The van der Waals surface area contributed by atoms with Gasteiger partial charge in [-0.3, -0.25) is 0 Å². The van der Waals surface area contributed by atoms with Gasteiger partial charge in [-0.15, -0.1) is 0 Å². The van der Waals surface area contributed by atoms with Crippen LogP contribution in [-0.2, 0) is 10.2 Å². The lowest BCUT2D eigenvalue weighted by Gasteiger charge is -2.14. The average molecular weight is 255 g/mol. The third-order valence-corrected chi connectivity index (χ3v) is 2.38. The quantitative estimate of drug-likeness (QED) is 0.839. The van der Waals surface area contributed by atoms with Crippen molar-refractivity contribution in [2.24, 2.45) is 5.92 Å². The minimum atomic E-state index is -0.911. The summed E-state index contributed by atoms with van der Waals surface area (Å²) in [5.74, 6) is 0.0741. The second kappa shape index (κ2) is 5.37. The van der Waals surface area contributed by atoms with Crippen molar-refractivity contribution in [3.8, 4) is 0 Å². The van der Waals surface area contributed by atoms with E-state index in [4.69, 9.17) is 9.63 Å². The Hall–Kier alpha value is -1.59. The van der Waals surface area contributed by atoms with Crippen molar-refractivity contribution in [2.45, 2.75) is 52.5 Å². The van der Waals surface area contributed by atoms with E-state index in [0.29, 0.717) is 12.3 Å². The first-order valence-electron chi connectivity index (χ1n) is 6.03. The van der Waals surface area contributed by atoms with Crippen molar-refractivity contribution in [1.82, 2.24) is 10.1 Å². The zero-order valence-corrected chi connectivity index (χ0v) is 11.5. The Kier molecular flexibility index (Phi) is 4.32. The van der Waals surface area contributed by atoms with Crippen molar-refractivity contribution in [2.75, 3.05) is 5.32 Å². The summed E-state index contributed by atoms with van der Waals surface area (Å²) in [7, 11) is 0. The lowest BCUT2D eigenvalue weighted by molar-refractivity contribution is -0.138. The van der Waals surface area contributed by atoms with Crippen LogP contribution < -0.4 is 5.32 Å². The minimum absolute atomic E-state index is 0.230. The number of nitrogens with zero attached hydrogens (tertiary/aromatic N) is 2. The molecule has 0 bridgehead atoms. The van der Waals surface area contributed by atoms with Crippen LogP contribution in [0.25, 0.3) is 0 Å². The van der Waals surface area contributed by atoms with Crippen LogP contribution >= 0.6 is 0 Å². The highest BCUT2D eigenvalue weighted by molar-refractivity contribution is 5.76. The third-order valence-electron chi connectivity index (χ3n) is 2.38. The molecule has 0 saturated carbocycles. The molecule has 1 heterocycles. The van der Waals surface area contributed by atoms with Gasteiger partial charge in [0.2, 0.25) is 5.89 Å². The molecule has 0 aliphatic carbocycles. The van der Waals surface area contributed by atoms with Gasteiger partial charge in [-0.25, -0.2) is 4.79 Å². The first kappa shape index (κ1) is 14.5. The molecule has 0 amide bonds. The summed E-state index contributed by atoms with van der Waals surface area (Å²) in [6, 6.07) is -0.699. The van der Waals surface area contributed by atoms with E-state index in [1.807, 2.05) is 34.6 Å². The molecule has 0 fully saturated rings. The van der Waals surface area contributed by atoms with Crippen molar-refractivity contribution in [1.29, 1.82) is 0 Å². The summed E-state index contributed by atoms with van der Waals surface area (Å²) >= 11 is 0. The van der Waals surface area contributed by atoms with Crippen LogP contribution in [0.5, 0.6) is 0 Å². The Bertz CT molecular complexity index is 407. The molecule has 0 spiro atoms. The molecule has 1 aromatic heterocycles. The zero-order valence-electron chi connectivity index (χ0n) is 11.5. The van der Waals surface area contributed by atoms with Gasteiger partial charge >= 0.3 is 5.97 Å². The Morgan fingerprint density at radius 2 is 2.06 bits per heavy atom. The van der Waals surface area contributed by atoms with Crippen LogP contribution in [0.3, 0.4) is 0 Å². The third kappa shape index (κ3) is 4.01. The molecular weight excluding hydrogens is 234 g/mol. The number of anilines is 1. The molecule has 2 N–H and O–H groups in total. The molecule has 0 unspecified atom stereocenters. The van der Waals surface area contributed by atoms with E-state index in [1.165, 1.54) is 0 Å². The Morgan fingerprint density at radius 3 is 2.44 bits per heavy atom. The maximum Gasteiger partial charge on any atom is 0.326 e. The number of rotatable bonds is 5. The molecule has 0 saturated heterocycles. The second-order valence-electron chi connectivity index (χ2n) is 5.84. The van der Waals surface area contributed by atoms with Crippen LogP contribution in [0.2, 0.25) is 0 Å². The molecule has 1 atom stereocenters.